The van der Waals surface area contributed by atoms with Crippen LogP contribution in [0.25, 0.3) is 0 Å². The maximum absolute atomic E-state index is 11.8. The summed E-state index contributed by atoms with van der Waals surface area (Å²) in [4.78, 5) is 45.6. The Morgan fingerprint density at radius 2 is 1.91 bits per heavy atom. The van der Waals surface area contributed by atoms with Gasteiger partial charge in [-0.2, -0.15) is 0 Å². The van der Waals surface area contributed by atoms with Crippen molar-refractivity contribution < 1.29 is 29.0 Å². The molecule has 1 rings (SSSR count). The first-order chi connectivity index (χ1) is 10.3. The zero-order valence-electron chi connectivity index (χ0n) is 12.1. The fourth-order valence-electron chi connectivity index (χ4n) is 1.70. The predicted molar refractivity (Wildman–Crippen MR) is 79.0 cm³/mol. The molecular formula is C13H16N2O6S. The van der Waals surface area contributed by atoms with Crippen molar-refractivity contribution in [3.05, 3.63) is 16.0 Å². The number of amides is 2. The van der Waals surface area contributed by atoms with Gasteiger partial charge in [-0.3, -0.25) is 14.4 Å². The van der Waals surface area contributed by atoms with Gasteiger partial charge in [0.2, 0.25) is 5.91 Å². The van der Waals surface area contributed by atoms with Crippen LogP contribution in [0.15, 0.2) is 0 Å². The monoisotopic (exact) mass is 328 g/mol. The van der Waals surface area contributed by atoms with Crippen LogP contribution >= 0.6 is 11.3 Å². The first-order valence-electron chi connectivity index (χ1n) is 6.39. The molecule has 0 saturated carbocycles. The summed E-state index contributed by atoms with van der Waals surface area (Å²) in [5, 5.41) is 11.1. The topological polar surface area (TPSA) is 136 Å². The van der Waals surface area contributed by atoms with Gasteiger partial charge in [-0.05, 0) is 19.4 Å². The molecule has 4 N–H and O–H groups in total. The van der Waals surface area contributed by atoms with Gasteiger partial charge >= 0.3 is 11.9 Å². The number of nitrogens with two attached hydrogens (primary N) is 1. The molecule has 0 atom stereocenters. The van der Waals surface area contributed by atoms with Crippen molar-refractivity contribution in [1.29, 1.82) is 0 Å². The third-order valence-corrected chi connectivity index (χ3v) is 3.86. The number of anilines is 1. The van der Waals surface area contributed by atoms with E-state index in [-0.39, 0.29) is 34.9 Å². The fraction of sp³-hybridized carbons (Fsp3) is 0.385. The molecule has 0 radical (unpaired) electrons. The number of nitrogens with one attached hydrogen (secondary N) is 1. The SMILES string of the molecule is CCOC(=O)c1sc(NC(=O)CCC(=O)O)c(C(N)=O)c1C. The predicted octanol–water partition coefficient (Wildman–Crippen LogP) is 1.14. The highest BCUT2D eigenvalue weighted by atomic mass is 32.1. The second-order valence-electron chi connectivity index (χ2n) is 4.29. The second-order valence-corrected chi connectivity index (χ2v) is 5.31. The van der Waals surface area contributed by atoms with Gasteiger partial charge in [-0.1, -0.05) is 0 Å². The Bertz CT molecular complexity index is 622. The van der Waals surface area contributed by atoms with Crippen LogP contribution in [0.3, 0.4) is 0 Å². The highest BCUT2D eigenvalue weighted by molar-refractivity contribution is 7.18. The summed E-state index contributed by atoms with van der Waals surface area (Å²) in [5.41, 5.74) is 5.62. The third-order valence-electron chi connectivity index (χ3n) is 2.67. The van der Waals surface area contributed by atoms with E-state index in [1.165, 1.54) is 6.92 Å². The van der Waals surface area contributed by atoms with Gasteiger partial charge in [0.1, 0.15) is 9.88 Å². The van der Waals surface area contributed by atoms with Crippen molar-refractivity contribution in [2.24, 2.45) is 5.73 Å². The van der Waals surface area contributed by atoms with Crippen molar-refractivity contribution in [3.63, 3.8) is 0 Å². The number of carbonyl (C=O) groups excluding carboxylic acids is 3. The summed E-state index contributed by atoms with van der Waals surface area (Å²) in [6.07, 6.45) is -0.591. The zero-order chi connectivity index (χ0) is 16.9. The molecule has 22 heavy (non-hydrogen) atoms. The van der Waals surface area contributed by atoms with Gasteiger partial charge in [0, 0.05) is 6.42 Å². The fourth-order valence-corrected chi connectivity index (χ4v) is 2.82. The summed E-state index contributed by atoms with van der Waals surface area (Å²) in [7, 11) is 0. The van der Waals surface area contributed by atoms with Gasteiger partial charge in [0.25, 0.3) is 5.91 Å². The molecule has 1 aromatic rings. The molecule has 0 fully saturated rings. The Morgan fingerprint density at radius 1 is 1.27 bits per heavy atom. The molecule has 0 aliphatic rings. The van der Waals surface area contributed by atoms with E-state index >= 15 is 0 Å². The summed E-state index contributed by atoms with van der Waals surface area (Å²) >= 11 is 0.870. The minimum Gasteiger partial charge on any atom is -0.481 e. The molecule has 2 amide bonds. The molecule has 1 heterocycles. The van der Waals surface area contributed by atoms with Crippen molar-refractivity contribution in [2.75, 3.05) is 11.9 Å². The van der Waals surface area contributed by atoms with E-state index < -0.39 is 23.8 Å². The molecule has 0 spiro atoms. The van der Waals surface area contributed by atoms with Crippen LogP contribution < -0.4 is 11.1 Å². The highest BCUT2D eigenvalue weighted by Gasteiger charge is 2.25. The van der Waals surface area contributed by atoms with Gasteiger partial charge in [0.05, 0.1) is 18.6 Å². The van der Waals surface area contributed by atoms with Gasteiger partial charge in [-0.25, -0.2) is 4.79 Å². The van der Waals surface area contributed by atoms with E-state index in [1.54, 1.807) is 6.92 Å². The summed E-state index contributed by atoms with van der Waals surface area (Å²) in [5.74, 6) is -3.10. The maximum Gasteiger partial charge on any atom is 0.348 e. The number of primary amides is 1. The zero-order valence-corrected chi connectivity index (χ0v) is 12.9. The molecule has 0 bridgehead atoms. The third kappa shape index (κ3) is 4.29. The second kappa shape index (κ2) is 7.55. The minimum absolute atomic E-state index is 0.0247. The van der Waals surface area contributed by atoms with Crippen molar-refractivity contribution in [3.8, 4) is 0 Å². The van der Waals surface area contributed by atoms with E-state index in [4.69, 9.17) is 15.6 Å². The number of rotatable bonds is 7. The lowest BCUT2D eigenvalue weighted by atomic mass is 10.1. The van der Waals surface area contributed by atoms with Crippen LogP contribution in [0.4, 0.5) is 5.00 Å². The Balaban J connectivity index is 3.05. The first-order valence-corrected chi connectivity index (χ1v) is 7.21. The lowest BCUT2D eigenvalue weighted by Crippen LogP contribution is -2.18. The van der Waals surface area contributed by atoms with E-state index in [0.29, 0.717) is 5.56 Å². The highest BCUT2D eigenvalue weighted by Crippen LogP contribution is 2.33. The van der Waals surface area contributed by atoms with Gasteiger partial charge < -0.3 is 20.9 Å². The number of thiophene rings is 1. The average molecular weight is 328 g/mol. The maximum atomic E-state index is 11.8. The van der Waals surface area contributed by atoms with Gasteiger partial charge in [0.15, 0.2) is 0 Å². The number of ether oxygens (including phenoxy) is 1. The van der Waals surface area contributed by atoms with Crippen LogP contribution in [0, 0.1) is 6.92 Å². The molecule has 8 nitrogen and oxygen atoms in total. The molecule has 0 aliphatic carbocycles. The van der Waals surface area contributed by atoms with Crippen LogP contribution in [-0.2, 0) is 14.3 Å². The lowest BCUT2D eigenvalue weighted by molar-refractivity contribution is -0.138. The Labute approximate surface area is 130 Å². The van der Waals surface area contributed by atoms with Gasteiger partial charge in [-0.15, -0.1) is 11.3 Å². The van der Waals surface area contributed by atoms with Crippen LogP contribution in [-0.4, -0.2) is 35.5 Å². The lowest BCUT2D eigenvalue weighted by Gasteiger charge is -2.03. The van der Waals surface area contributed by atoms with Crippen molar-refractivity contribution >= 4 is 40.1 Å². The largest absolute Gasteiger partial charge is 0.481 e. The molecule has 0 aliphatic heterocycles. The summed E-state index contributed by atoms with van der Waals surface area (Å²) in [6.45, 7) is 3.34. The summed E-state index contributed by atoms with van der Waals surface area (Å²) < 4.78 is 4.87. The number of carboxylic acid groups (broad SMARTS) is 1. The number of carboxylic acids is 1. The van der Waals surface area contributed by atoms with Crippen molar-refractivity contribution in [1.82, 2.24) is 0 Å². The van der Waals surface area contributed by atoms with Crippen molar-refractivity contribution in [2.45, 2.75) is 26.7 Å². The van der Waals surface area contributed by atoms with E-state index in [2.05, 4.69) is 5.32 Å². The quantitative estimate of drug-likeness (QED) is 0.642. The Morgan fingerprint density at radius 3 is 2.41 bits per heavy atom. The molecule has 1 aromatic heterocycles. The molecular weight excluding hydrogens is 312 g/mol. The molecule has 9 heteroatoms. The number of hydrogen-bond acceptors (Lipinski definition) is 6. The Kier molecular flexibility index (Phi) is 6.05. The van der Waals surface area contributed by atoms with E-state index in [9.17, 15) is 19.2 Å². The number of hydrogen-bond donors (Lipinski definition) is 3. The first kappa shape index (κ1) is 17.6. The van der Waals surface area contributed by atoms with E-state index in [1.807, 2.05) is 0 Å². The average Bonchev–Trinajstić information content (AvgIpc) is 2.73. The standard InChI is InChI=1S/C13H16N2O6S/c1-3-21-13(20)10-6(2)9(11(14)19)12(22-10)15-7(16)4-5-8(17)18/h3-5H2,1-2H3,(H2,14,19)(H,15,16)(H,17,18). The molecule has 120 valence electrons. The Hall–Kier alpha value is -2.42. The van der Waals surface area contributed by atoms with Crippen LogP contribution in [0.5, 0.6) is 0 Å². The molecule has 0 aromatic carbocycles. The number of carbonyl (C=O) groups is 4. The smallest absolute Gasteiger partial charge is 0.348 e. The number of aliphatic carboxylic acids is 1. The van der Waals surface area contributed by atoms with Crippen LogP contribution in [0.1, 0.15) is 45.4 Å². The number of esters is 1. The molecule has 0 unspecified atom stereocenters. The molecule has 0 saturated heterocycles. The van der Waals surface area contributed by atoms with Crippen LogP contribution in [0.2, 0.25) is 0 Å². The van der Waals surface area contributed by atoms with E-state index in [0.717, 1.165) is 11.3 Å². The normalized spacial score (nSPS) is 10.1. The minimum atomic E-state index is -1.11. The summed E-state index contributed by atoms with van der Waals surface area (Å²) in [6, 6.07) is 0.